The van der Waals surface area contributed by atoms with E-state index in [1.807, 2.05) is 6.92 Å². The number of hydrogen-bond donors (Lipinski definition) is 1. The molecule has 1 fully saturated rings. The molecule has 0 aliphatic carbocycles. The van der Waals surface area contributed by atoms with Crippen LogP contribution in [0, 0.1) is 0 Å². The summed E-state index contributed by atoms with van der Waals surface area (Å²) in [5.41, 5.74) is 8.42. The van der Waals surface area contributed by atoms with Crippen LogP contribution in [0.3, 0.4) is 0 Å². The second-order valence-electron chi connectivity index (χ2n) is 5.65. The summed E-state index contributed by atoms with van der Waals surface area (Å²) in [5.74, 6) is 0. The molecule has 3 nitrogen and oxygen atoms in total. The normalized spacial score (nSPS) is 23.2. The zero-order valence-corrected chi connectivity index (χ0v) is 13.7. The maximum absolute atomic E-state index is 5.96. The molecule has 19 heavy (non-hydrogen) atoms. The van der Waals surface area contributed by atoms with Crippen LogP contribution in [0.5, 0.6) is 0 Å². The van der Waals surface area contributed by atoms with E-state index >= 15 is 0 Å². The molecule has 2 atom stereocenters. The third-order valence-corrected chi connectivity index (χ3v) is 4.54. The van der Waals surface area contributed by atoms with E-state index in [-0.39, 0.29) is 6.04 Å². The Bertz CT molecular complexity index is 433. The SMILES string of the molecule is CC1CN(C)CCCN1c1ccc([C@@H](C)N)c(Br)c1. The molecule has 2 rings (SSSR count). The Balaban J connectivity index is 2.23. The minimum Gasteiger partial charge on any atom is -0.367 e. The zero-order chi connectivity index (χ0) is 14.0. The molecule has 0 bridgehead atoms. The molecule has 0 aromatic heterocycles. The lowest BCUT2D eigenvalue weighted by Crippen LogP contribution is -2.37. The number of nitrogens with two attached hydrogens (primary N) is 1. The van der Waals surface area contributed by atoms with Crippen molar-refractivity contribution in [2.24, 2.45) is 5.73 Å². The molecule has 1 saturated heterocycles. The van der Waals surface area contributed by atoms with Crippen LogP contribution >= 0.6 is 15.9 Å². The van der Waals surface area contributed by atoms with Crippen LogP contribution in [0.1, 0.15) is 31.9 Å². The summed E-state index contributed by atoms with van der Waals surface area (Å²) in [4.78, 5) is 4.91. The maximum Gasteiger partial charge on any atom is 0.0388 e. The average Bonchev–Trinajstić information content (AvgIpc) is 2.49. The molecule has 0 amide bonds. The second-order valence-corrected chi connectivity index (χ2v) is 6.51. The van der Waals surface area contributed by atoms with Gasteiger partial charge in [0.15, 0.2) is 0 Å². The molecule has 1 unspecified atom stereocenters. The molecule has 4 heteroatoms. The predicted molar refractivity (Wildman–Crippen MR) is 85.7 cm³/mol. The van der Waals surface area contributed by atoms with Gasteiger partial charge >= 0.3 is 0 Å². The molecule has 0 spiro atoms. The van der Waals surface area contributed by atoms with Crippen molar-refractivity contribution in [2.45, 2.75) is 32.4 Å². The quantitative estimate of drug-likeness (QED) is 0.907. The van der Waals surface area contributed by atoms with Crippen LogP contribution in [0.25, 0.3) is 0 Å². The molecule has 2 N–H and O–H groups in total. The first-order chi connectivity index (χ1) is 8.99. The summed E-state index contributed by atoms with van der Waals surface area (Å²) in [5, 5.41) is 0. The van der Waals surface area contributed by atoms with E-state index in [0.717, 1.165) is 17.6 Å². The molecule has 1 aromatic rings. The molecule has 1 aromatic carbocycles. The van der Waals surface area contributed by atoms with Crippen LogP contribution in [0.2, 0.25) is 0 Å². The summed E-state index contributed by atoms with van der Waals surface area (Å²) in [7, 11) is 2.20. The fourth-order valence-electron chi connectivity index (χ4n) is 2.82. The van der Waals surface area contributed by atoms with Crippen LogP contribution in [-0.4, -0.2) is 37.6 Å². The van der Waals surface area contributed by atoms with Crippen LogP contribution in [0.15, 0.2) is 22.7 Å². The van der Waals surface area contributed by atoms with Crippen molar-refractivity contribution in [3.05, 3.63) is 28.2 Å². The van der Waals surface area contributed by atoms with Gasteiger partial charge in [0.2, 0.25) is 0 Å². The van der Waals surface area contributed by atoms with Crippen molar-refractivity contribution in [3.8, 4) is 0 Å². The van der Waals surface area contributed by atoms with Crippen molar-refractivity contribution in [1.82, 2.24) is 4.90 Å². The van der Waals surface area contributed by atoms with E-state index < -0.39 is 0 Å². The van der Waals surface area contributed by atoms with Crippen molar-refractivity contribution in [2.75, 3.05) is 31.6 Å². The van der Waals surface area contributed by atoms with Gasteiger partial charge in [-0.15, -0.1) is 0 Å². The van der Waals surface area contributed by atoms with Crippen molar-refractivity contribution < 1.29 is 0 Å². The lowest BCUT2D eigenvalue weighted by molar-refractivity contribution is 0.337. The predicted octanol–water partition coefficient (Wildman–Crippen LogP) is 3.00. The van der Waals surface area contributed by atoms with E-state index in [0.29, 0.717) is 6.04 Å². The lowest BCUT2D eigenvalue weighted by Gasteiger charge is -2.30. The summed E-state index contributed by atoms with van der Waals surface area (Å²) >= 11 is 3.65. The second kappa shape index (κ2) is 6.25. The largest absolute Gasteiger partial charge is 0.367 e. The lowest BCUT2D eigenvalue weighted by atomic mass is 10.1. The zero-order valence-electron chi connectivity index (χ0n) is 12.1. The highest BCUT2D eigenvalue weighted by atomic mass is 79.9. The van der Waals surface area contributed by atoms with Crippen LogP contribution < -0.4 is 10.6 Å². The third-order valence-electron chi connectivity index (χ3n) is 3.85. The van der Waals surface area contributed by atoms with E-state index in [1.54, 1.807) is 0 Å². The fourth-order valence-corrected chi connectivity index (χ4v) is 3.55. The monoisotopic (exact) mass is 325 g/mol. The van der Waals surface area contributed by atoms with Crippen LogP contribution in [0.4, 0.5) is 5.69 Å². The Kier molecular flexibility index (Phi) is 4.87. The van der Waals surface area contributed by atoms with Crippen molar-refractivity contribution in [1.29, 1.82) is 0 Å². The minimum atomic E-state index is 0.0658. The van der Waals surface area contributed by atoms with Crippen molar-refractivity contribution >= 4 is 21.6 Å². The summed E-state index contributed by atoms with van der Waals surface area (Å²) in [6, 6.07) is 7.16. The molecule has 0 saturated carbocycles. The minimum absolute atomic E-state index is 0.0658. The third kappa shape index (κ3) is 3.50. The summed E-state index contributed by atoms with van der Waals surface area (Å²) in [6.07, 6.45) is 1.22. The molecule has 106 valence electrons. The summed E-state index contributed by atoms with van der Waals surface area (Å²) < 4.78 is 1.12. The highest BCUT2D eigenvalue weighted by molar-refractivity contribution is 9.10. The average molecular weight is 326 g/mol. The van der Waals surface area contributed by atoms with Gasteiger partial charge in [0.25, 0.3) is 0 Å². The Hall–Kier alpha value is -0.580. The highest BCUT2D eigenvalue weighted by Gasteiger charge is 2.20. The van der Waals surface area contributed by atoms with Gasteiger partial charge < -0.3 is 15.5 Å². The smallest absolute Gasteiger partial charge is 0.0388 e. The topological polar surface area (TPSA) is 32.5 Å². The molecular formula is C15H24BrN3. The number of anilines is 1. The Labute approximate surface area is 124 Å². The molecule has 1 aliphatic rings. The van der Waals surface area contributed by atoms with E-state index in [9.17, 15) is 0 Å². The van der Waals surface area contributed by atoms with Crippen LogP contribution in [-0.2, 0) is 0 Å². The van der Waals surface area contributed by atoms with Gasteiger partial charge in [-0.1, -0.05) is 22.0 Å². The van der Waals surface area contributed by atoms with Gasteiger partial charge in [0, 0.05) is 35.3 Å². The maximum atomic E-state index is 5.96. The Morgan fingerprint density at radius 3 is 2.74 bits per heavy atom. The molecular weight excluding hydrogens is 302 g/mol. The number of halogens is 1. The number of benzene rings is 1. The number of likely N-dealkylation sites (N-methyl/N-ethyl adjacent to an activating group) is 1. The van der Waals surface area contributed by atoms with E-state index in [2.05, 4.69) is 57.9 Å². The fraction of sp³-hybridized carbons (Fsp3) is 0.600. The first kappa shape index (κ1) is 14.8. The van der Waals surface area contributed by atoms with E-state index in [1.165, 1.54) is 24.2 Å². The molecule has 0 radical (unpaired) electrons. The van der Waals surface area contributed by atoms with E-state index in [4.69, 9.17) is 5.73 Å². The van der Waals surface area contributed by atoms with Gasteiger partial charge in [0.1, 0.15) is 0 Å². The number of nitrogens with zero attached hydrogens (tertiary/aromatic N) is 2. The van der Waals surface area contributed by atoms with Gasteiger partial charge in [0.05, 0.1) is 0 Å². The van der Waals surface area contributed by atoms with Gasteiger partial charge in [-0.3, -0.25) is 0 Å². The highest BCUT2D eigenvalue weighted by Crippen LogP contribution is 2.29. The van der Waals surface area contributed by atoms with Crippen molar-refractivity contribution in [3.63, 3.8) is 0 Å². The first-order valence-corrected chi connectivity index (χ1v) is 7.78. The van der Waals surface area contributed by atoms with Gasteiger partial charge in [-0.2, -0.15) is 0 Å². The Morgan fingerprint density at radius 1 is 1.37 bits per heavy atom. The number of hydrogen-bond acceptors (Lipinski definition) is 3. The standard InChI is InChI=1S/C15H24BrN3/c1-11-10-18(3)7-4-8-19(11)13-5-6-14(12(2)17)15(16)9-13/h5-6,9,11-12H,4,7-8,10,17H2,1-3H3/t11?,12-/m1/s1. The molecule has 1 heterocycles. The summed E-state index contributed by atoms with van der Waals surface area (Å²) in [6.45, 7) is 7.74. The van der Waals surface area contributed by atoms with Gasteiger partial charge in [-0.25, -0.2) is 0 Å². The Morgan fingerprint density at radius 2 is 2.11 bits per heavy atom. The molecule has 1 aliphatic heterocycles. The first-order valence-electron chi connectivity index (χ1n) is 6.99. The van der Waals surface area contributed by atoms with Gasteiger partial charge in [-0.05, 0) is 51.6 Å². The number of rotatable bonds is 2.